The van der Waals surface area contributed by atoms with Crippen molar-refractivity contribution in [2.24, 2.45) is 0 Å². The van der Waals surface area contributed by atoms with Crippen molar-refractivity contribution in [3.63, 3.8) is 0 Å². The van der Waals surface area contributed by atoms with Gasteiger partial charge in [-0.3, -0.25) is 4.79 Å². The predicted molar refractivity (Wildman–Crippen MR) is 78.7 cm³/mol. The monoisotopic (exact) mass is 289 g/mol. The Morgan fingerprint density at radius 2 is 2.05 bits per heavy atom. The molecule has 1 aromatic heterocycles. The maximum Gasteiger partial charge on any atom is 0.255 e. The van der Waals surface area contributed by atoms with Crippen molar-refractivity contribution in [3.05, 3.63) is 46.9 Å². The lowest BCUT2D eigenvalue weighted by Crippen LogP contribution is -2.26. The van der Waals surface area contributed by atoms with Crippen molar-refractivity contribution >= 4 is 5.91 Å². The van der Waals surface area contributed by atoms with Crippen LogP contribution in [-0.4, -0.2) is 18.1 Å². The van der Waals surface area contributed by atoms with E-state index < -0.39 is 0 Å². The quantitative estimate of drug-likeness (QED) is 0.907. The average Bonchev–Trinajstić information content (AvgIpc) is 2.77. The number of aromatic hydroxyl groups is 1. The van der Waals surface area contributed by atoms with Gasteiger partial charge in [0.25, 0.3) is 5.91 Å². The summed E-state index contributed by atoms with van der Waals surface area (Å²) in [5.41, 5.74) is 1.13. The number of ether oxygens (including phenoxy) is 1. The molecule has 2 rings (SSSR count). The lowest BCUT2D eigenvalue weighted by Gasteiger charge is -2.14. The first-order valence-electron chi connectivity index (χ1n) is 6.67. The van der Waals surface area contributed by atoms with E-state index in [2.05, 4.69) is 5.32 Å². The molecular formula is C16H19NO4. The molecule has 0 bridgehead atoms. The van der Waals surface area contributed by atoms with Gasteiger partial charge in [-0.1, -0.05) is 0 Å². The molecule has 1 unspecified atom stereocenters. The van der Waals surface area contributed by atoms with Crippen LogP contribution in [0.4, 0.5) is 0 Å². The second kappa shape index (κ2) is 5.91. The molecule has 1 amide bonds. The molecule has 1 aromatic carbocycles. The molecule has 0 fully saturated rings. The lowest BCUT2D eigenvalue weighted by atomic mass is 10.1. The highest BCUT2D eigenvalue weighted by Gasteiger charge is 2.18. The second-order valence-corrected chi connectivity index (χ2v) is 4.95. The number of aryl methyl sites for hydroxylation is 2. The van der Waals surface area contributed by atoms with Gasteiger partial charge >= 0.3 is 0 Å². The first-order chi connectivity index (χ1) is 9.92. The van der Waals surface area contributed by atoms with E-state index >= 15 is 0 Å². The molecule has 1 atom stereocenters. The van der Waals surface area contributed by atoms with Gasteiger partial charge in [-0.05, 0) is 39.0 Å². The first kappa shape index (κ1) is 15.0. The fraction of sp³-hybridized carbons (Fsp3) is 0.312. The molecule has 5 nitrogen and oxygen atoms in total. The highest BCUT2D eigenvalue weighted by Crippen LogP contribution is 2.25. The van der Waals surface area contributed by atoms with Crippen LogP contribution >= 0.6 is 0 Å². The number of carbonyl (C=O) groups excluding carboxylic acids is 1. The Kier molecular flexibility index (Phi) is 4.21. The van der Waals surface area contributed by atoms with Crippen molar-refractivity contribution in [1.29, 1.82) is 0 Å². The van der Waals surface area contributed by atoms with Gasteiger partial charge in [0.1, 0.15) is 23.0 Å². The molecule has 0 saturated heterocycles. The summed E-state index contributed by atoms with van der Waals surface area (Å²) in [6.45, 7) is 5.59. The van der Waals surface area contributed by atoms with Crippen LogP contribution in [0.2, 0.25) is 0 Å². The number of methoxy groups -OCH3 is 1. The van der Waals surface area contributed by atoms with Crippen molar-refractivity contribution in [3.8, 4) is 11.5 Å². The number of hydrogen-bond acceptors (Lipinski definition) is 4. The van der Waals surface area contributed by atoms with E-state index in [0.29, 0.717) is 5.75 Å². The van der Waals surface area contributed by atoms with E-state index in [-0.39, 0.29) is 23.3 Å². The van der Waals surface area contributed by atoms with E-state index in [1.54, 1.807) is 6.07 Å². The normalized spacial score (nSPS) is 12.0. The van der Waals surface area contributed by atoms with E-state index in [0.717, 1.165) is 17.1 Å². The number of benzene rings is 1. The number of phenols is 1. The van der Waals surface area contributed by atoms with Crippen molar-refractivity contribution in [1.82, 2.24) is 5.32 Å². The van der Waals surface area contributed by atoms with Gasteiger partial charge in [0.15, 0.2) is 0 Å². The summed E-state index contributed by atoms with van der Waals surface area (Å²) >= 11 is 0. The molecule has 2 aromatic rings. The Labute approximate surface area is 123 Å². The number of furan rings is 1. The molecule has 0 saturated carbocycles. The fourth-order valence-electron chi connectivity index (χ4n) is 2.26. The minimum absolute atomic E-state index is 0.112. The largest absolute Gasteiger partial charge is 0.507 e. The summed E-state index contributed by atoms with van der Waals surface area (Å²) < 4.78 is 10.5. The summed E-state index contributed by atoms with van der Waals surface area (Å²) in [4.78, 5) is 12.2. The molecule has 5 heteroatoms. The zero-order chi connectivity index (χ0) is 15.6. The summed E-state index contributed by atoms with van der Waals surface area (Å²) in [6.07, 6.45) is 0. The van der Waals surface area contributed by atoms with Crippen LogP contribution in [0.3, 0.4) is 0 Å². The summed E-state index contributed by atoms with van der Waals surface area (Å²) in [6, 6.07) is 6.26. The van der Waals surface area contributed by atoms with Crippen LogP contribution in [0.5, 0.6) is 11.5 Å². The predicted octanol–water partition coefficient (Wildman–Crippen LogP) is 3.10. The first-order valence-corrected chi connectivity index (χ1v) is 6.67. The number of hydrogen-bond donors (Lipinski definition) is 2. The summed E-state index contributed by atoms with van der Waals surface area (Å²) in [5.74, 6) is 1.62. The molecule has 0 aliphatic carbocycles. The third-order valence-electron chi connectivity index (χ3n) is 3.34. The number of rotatable bonds is 4. The Hall–Kier alpha value is -2.43. The lowest BCUT2D eigenvalue weighted by molar-refractivity contribution is 0.0937. The standard InChI is InChI=1S/C16H19NO4/c1-9-7-14(11(3)21-9)10(2)17-16(19)13-6-5-12(20-4)8-15(13)18/h5-8,10,18H,1-4H3,(H,17,19). The summed E-state index contributed by atoms with van der Waals surface area (Å²) in [7, 11) is 1.50. The topological polar surface area (TPSA) is 71.7 Å². The molecular weight excluding hydrogens is 270 g/mol. The third-order valence-corrected chi connectivity index (χ3v) is 3.34. The van der Waals surface area contributed by atoms with E-state index in [1.165, 1.54) is 19.2 Å². The maximum atomic E-state index is 12.2. The van der Waals surface area contributed by atoms with Crippen LogP contribution in [0, 0.1) is 13.8 Å². The Morgan fingerprint density at radius 3 is 2.57 bits per heavy atom. The van der Waals surface area contributed by atoms with Crippen molar-refractivity contribution < 1.29 is 19.1 Å². The zero-order valence-electron chi connectivity index (χ0n) is 12.6. The van der Waals surface area contributed by atoms with Crippen molar-refractivity contribution in [2.45, 2.75) is 26.8 Å². The highest BCUT2D eigenvalue weighted by molar-refractivity contribution is 5.97. The van der Waals surface area contributed by atoms with Gasteiger partial charge < -0.3 is 19.6 Å². The van der Waals surface area contributed by atoms with Crippen molar-refractivity contribution in [2.75, 3.05) is 7.11 Å². The van der Waals surface area contributed by atoms with Gasteiger partial charge in [-0.25, -0.2) is 0 Å². The SMILES string of the molecule is COc1ccc(C(=O)NC(C)c2cc(C)oc2C)c(O)c1. The van der Waals surface area contributed by atoms with Gasteiger partial charge in [0.05, 0.1) is 18.7 Å². The summed E-state index contributed by atoms with van der Waals surface area (Å²) in [5, 5.41) is 12.7. The van der Waals surface area contributed by atoms with Gasteiger partial charge in [0.2, 0.25) is 0 Å². The van der Waals surface area contributed by atoms with Crippen LogP contribution in [0.1, 0.15) is 40.4 Å². The maximum absolute atomic E-state index is 12.2. The van der Waals surface area contributed by atoms with Gasteiger partial charge in [-0.15, -0.1) is 0 Å². The van der Waals surface area contributed by atoms with Crippen LogP contribution in [-0.2, 0) is 0 Å². The molecule has 0 radical (unpaired) electrons. The molecule has 0 aliphatic rings. The number of phenolic OH excluding ortho intramolecular Hbond substituents is 1. The fourth-order valence-corrected chi connectivity index (χ4v) is 2.26. The molecule has 112 valence electrons. The zero-order valence-corrected chi connectivity index (χ0v) is 12.6. The average molecular weight is 289 g/mol. The molecule has 2 N–H and O–H groups in total. The third kappa shape index (κ3) is 3.18. The molecule has 0 spiro atoms. The smallest absolute Gasteiger partial charge is 0.255 e. The van der Waals surface area contributed by atoms with E-state index in [9.17, 15) is 9.90 Å². The minimum atomic E-state index is -0.346. The van der Waals surface area contributed by atoms with E-state index in [1.807, 2.05) is 26.8 Å². The van der Waals surface area contributed by atoms with E-state index in [4.69, 9.17) is 9.15 Å². The minimum Gasteiger partial charge on any atom is -0.507 e. The highest BCUT2D eigenvalue weighted by atomic mass is 16.5. The Bertz CT molecular complexity index is 660. The molecule has 1 heterocycles. The number of nitrogens with one attached hydrogen (secondary N) is 1. The van der Waals surface area contributed by atoms with Gasteiger partial charge in [-0.2, -0.15) is 0 Å². The van der Waals surface area contributed by atoms with Gasteiger partial charge in [0, 0.05) is 11.6 Å². The second-order valence-electron chi connectivity index (χ2n) is 4.95. The van der Waals surface area contributed by atoms with Crippen LogP contribution in [0.15, 0.2) is 28.7 Å². The van der Waals surface area contributed by atoms with Crippen LogP contribution in [0.25, 0.3) is 0 Å². The Morgan fingerprint density at radius 1 is 1.33 bits per heavy atom. The Balaban J connectivity index is 2.16. The molecule has 21 heavy (non-hydrogen) atoms. The molecule has 0 aliphatic heterocycles. The number of amides is 1. The number of carbonyl (C=O) groups is 1. The van der Waals surface area contributed by atoms with Crippen LogP contribution < -0.4 is 10.1 Å².